The number of benzene rings is 2. The number of hydrogen-bond acceptors (Lipinski definition) is 8. The first kappa shape index (κ1) is 27.0. The second-order valence-corrected chi connectivity index (χ2v) is 8.79. The molecular weight excluding hydrogens is 494 g/mol. The van der Waals surface area contributed by atoms with Crippen molar-refractivity contribution < 1.29 is 9.59 Å². The van der Waals surface area contributed by atoms with E-state index in [-0.39, 0.29) is 18.0 Å². The molecule has 11 nitrogen and oxygen atoms in total. The zero-order chi connectivity index (χ0) is 27.6. The van der Waals surface area contributed by atoms with Crippen LogP contribution in [0.15, 0.2) is 73.1 Å². The second kappa shape index (κ2) is 13.0. The predicted octanol–water partition coefficient (Wildman–Crippen LogP) is 3.51. The number of urea groups is 1. The standard InChI is InChI=1S/C28H31N9O2/c1-18(14-19-8-7-9-20(15-19)16-33-28(39)30-3)34-27-31-13-12-23(36-27)35-25-22(26(38)29-2)17-32-24(37-25)21-10-5-4-6-11-21/h4-13,15,17-18H,14,16H2,1-3H3,(H,29,38)(H2,30,33,39)(H2,31,32,34,35,36,37). The Balaban J connectivity index is 1.47. The minimum Gasteiger partial charge on any atom is -0.355 e. The predicted molar refractivity (Wildman–Crippen MR) is 151 cm³/mol. The monoisotopic (exact) mass is 525 g/mol. The Hall–Kier alpha value is -5.06. The molecule has 39 heavy (non-hydrogen) atoms. The zero-order valence-electron chi connectivity index (χ0n) is 22.0. The first-order valence-electron chi connectivity index (χ1n) is 12.5. The Morgan fingerprint density at radius 2 is 1.69 bits per heavy atom. The smallest absolute Gasteiger partial charge is 0.314 e. The first-order valence-corrected chi connectivity index (χ1v) is 12.5. The van der Waals surface area contributed by atoms with Gasteiger partial charge in [-0.2, -0.15) is 4.98 Å². The number of aromatic nitrogens is 4. The maximum Gasteiger partial charge on any atom is 0.314 e. The molecule has 0 saturated carbocycles. The number of amides is 3. The van der Waals surface area contributed by atoms with Crippen LogP contribution in [0.3, 0.4) is 0 Å². The lowest BCUT2D eigenvalue weighted by Crippen LogP contribution is -2.32. The van der Waals surface area contributed by atoms with E-state index in [9.17, 15) is 9.59 Å². The summed E-state index contributed by atoms with van der Waals surface area (Å²) in [6, 6.07) is 19.1. The Kier molecular flexibility index (Phi) is 8.96. The zero-order valence-corrected chi connectivity index (χ0v) is 22.0. The van der Waals surface area contributed by atoms with E-state index in [0.717, 1.165) is 23.1 Å². The molecule has 1 atom stereocenters. The van der Waals surface area contributed by atoms with E-state index in [1.54, 1.807) is 26.4 Å². The summed E-state index contributed by atoms with van der Waals surface area (Å²) in [5, 5.41) is 14.4. The highest BCUT2D eigenvalue weighted by Gasteiger charge is 2.16. The summed E-state index contributed by atoms with van der Waals surface area (Å²) in [6.45, 7) is 2.48. The molecule has 2 aromatic heterocycles. The van der Waals surface area contributed by atoms with Gasteiger partial charge in [-0.05, 0) is 30.5 Å². The van der Waals surface area contributed by atoms with Crippen LogP contribution in [0.25, 0.3) is 11.4 Å². The number of nitrogens with one attached hydrogen (secondary N) is 5. The van der Waals surface area contributed by atoms with Gasteiger partial charge in [0, 0.05) is 44.6 Å². The number of rotatable bonds is 10. The molecule has 0 aliphatic carbocycles. The van der Waals surface area contributed by atoms with E-state index < -0.39 is 0 Å². The summed E-state index contributed by atoms with van der Waals surface area (Å²) in [4.78, 5) is 41.8. The van der Waals surface area contributed by atoms with Crippen molar-refractivity contribution in [3.05, 3.63) is 89.7 Å². The van der Waals surface area contributed by atoms with Gasteiger partial charge >= 0.3 is 6.03 Å². The van der Waals surface area contributed by atoms with E-state index in [0.29, 0.717) is 35.5 Å². The van der Waals surface area contributed by atoms with Crippen molar-refractivity contribution in [2.45, 2.75) is 25.9 Å². The molecule has 0 aliphatic heterocycles. The SMILES string of the molecule is CNC(=O)NCc1cccc(CC(C)Nc2nccc(Nc3nc(-c4ccccc4)ncc3C(=O)NC)n2)c1. The Bertz CT molecular complexity index is 1430. The third-order valence-electron chi connectivity index (χ3n) is 5.78. The summed E-state index contributed by atoms with van der Waals surface area (Å²) >= 11 is 0. The molecule has 2 heterocycles. The minimum absolute atomic E-state index is 0.0209. The molecule has 0 bridgehead atoms. The number of hydrogen-bond donors (Lipinski definition) is 5. The van der Waals surface area contributed by atoms with Gasteiger partial charge in [-0.1, -0.05) is 54.6 Å². The Morgan fingerprint density at radius 3 is 2.46 bits per heavy atom. The van der Waals surface area contributed by atoms with Crippen LogP contribution in [0.2, 0.25) is 0 Å². The van der Waals surface area contributed by atoms with E-state index in [1.165, 1.54) is 6.20 Å². The van der Waals surface area contributed by atoms with Crippen molar-refractivity contribution in [1.29, 1.82) is 0 Å². The molecule has 0 spiro atoms. The maximum absolute atomic E-state index is 12.5. The summed E-state index contributed by atoms with van der Waals surface area (Å²) in [7, 11) is 3.14. The third-order valence-corrected chi connectivity index (χ3v) is 5.78. The van der Waals surface area contributed by atoms with Gasteiger partial charge in [-0.3, -0.25) is 4.79 Å². The van der Waals surface area contributed by atoms with E-state index in [1.807, 2.05) is 55.5 Å². The molecule has 2 aromatic carbocycles. The van der Waals surface area contributed by atoms with Crippen molar-refractivity contribution in [3.8, 4) is 11.4 Å². The highest BCUT2D eigenvalue weighted by molar-refractivity contribution is 5.99. The maximum atomic E-state index is 12.5. The first-order chi connectivity index (χ1) is 18.9. The average Bonchev–Trinajstić information content (AvgIpc) is 2.96. The lowest BCUT2D eigenvalue weighted by molar-refractivity contribution is 0.0963. The summed E-state index contributed by atoms with van der Waals surface area (Å²) in [6.07, 6.45) is 3.85. The van der Waals surface area contributed by atoms with Crippen LogP contribution >= 0.6 is 0 Å². The molecule has 4 rings (SSSR count). The molecule has 5 N–H and O–H groups in total. The van der Waals surface area contributed by atoms with Gasteiger partial charge in [0.05, 0.1) is 0 Å². The summed E-state index contributed by atoms with van der Waals surface area (Å²) in [5.74, 6) is 1.42. The molecule has 0 aliphatic rings. The molecule has 200 valence electrons. The van der Waals surface area contributed by atoms with Crippen LogP contribution < -0.4 is 26.6 Å². The lowest BCUT2D eigenvalue weighted by atomic mass is 10.0. The Morgan fingerprint density at radius 1 is 0.897 bits per heavy atom. The molecule has 11 heteroatoms. The molecule has 0 fully saturated rings. The normalized spacial score (nSPS) is 11.3. The number of carbonyl (C=O) groups excluding carboxylic acids is 2. The van der Waals surface area contributed by atoms with Gasteiger partial charge in [0.1, 0.15) is 17.2 Å². The molecule has 3 amide bonds. The minimum atomic E-state index is -0.314. The van der Waals surface area contributed by atoms with Crippen LogP contribution in [0, 0.1) is 0 Å². The number of anilines is 3. The van der Waals surface area contributed by atoms with Crippen molar-refractivity contribution in [2.75, 3.05) is 24.7 Å². The molecule has 0 radical (unpaired) electrons. The van der Waals surface area contributed by atoms with Crippen molar-refractivity contribution in [1.82, 2.24) is 35.9 Å². The van der Waals surface area contributed by atoms with E-state index in [2.05, 4.69) is 52.6 Å². The molecule has 4 aromatic rings. The van der Waals surface area contributed by atoms with Crippen LogP contribution in [-0.4, -0.2) is 52.0 Å². The summed E-state index contributed by atoms with van der Waals surface area (Å²) < 4.78 is 0. The van der Waals surface area contributed by atoms with Gasteiger partial charge < -0.3 is 26.6 Å². The summed E-state index contributed by atoms with van der Waals surface area (Å²) in [5.41, 5.74) is 3.25. The van der Waals surface area contributed by atoms with Crippen LogP contribution in [0.4, 0.5) is 22.4 Å². The Labute approximate surface area is 226 Å². The third kappa shape index (κ3) is 7.48. The lowest BCUT2D eigenvalue weighted by Gasteiger charge is -2.16. The highest BCUT2D eigenvalue weighted by Crippen LogP contribution is 2.22. The quantitative estimate of drug-likeness (QED) is 0.211. The molecule has 1 unspecified atom stereocenters. The fourth-order valence-electron chi connectivity index (χ4n) is 3.89. The molecule has 0 saturated heterocycles. The molecular formula is C28H31N9O2. The highest BCUT2D eigenvalue weighted by atomic mass is 16.2. The van der Waals surface area contributed by atoms with Crippen molar-refractivity contribution in [3.63, 3.8) is 0 Å². The fraction of sp³-hybridized carbons (Fsp3) is 0.214. The van der Waals surface area contributed by atoms with Crippen LogP contribution in [-0.2, 0) is 13.0 Å². The average molecular weight is 526 g/mol. The van der Waals surface area contributed by atoms with Crippen molar-refractivity contribution >= 4 is 29.5 Å². The van der Waals surface area contributed by atoms with Gasteiger partial charge in [0.15, 0.2) is 5.82 Å². The van der Waals surface area contributed by atoms with Gasteiger partial charge in [0.25, 0.3) is 5.91 Å². The van der Waals surface area contributed by atoms with Crippen LogP contribution in [0.5, 0.6) is 0 Å². The second-order valence-electron chi connectivity index (χ2n) is 8.79. The topological polar surface area (TPSA) is 146 Å². The number of carbonyl (C=O) groups is 2. The van der Waals surface area contributed by atoms with E-state index >= 15 is 0 Å². The van der Waals surface area contributed by atoms with Gasteiger partial charge in [0.2, 0.25) is 5.95 Å². The fourth-order valence-corrected chi connectivity index (χ4v) is 3.89. The van der Waals surface area contributed by atoms with Gasteiger partial charge in [-0.25, -0.2) is 19.7 Å². The van der Waals surface area contributed by atoms with Crippen molar-refractivity contribution in [2.24, 2.45) is 0 Å². The largest absolute Gasteiger partial charge is 0.355 e. The van der Waals surface area contributed by atoms with E-state index in [4.69, 9.17) is 0 Å². The van der Waals surface area contributed by atoms with Crippen LogP contribution in [0.1, 0.15) is 28.4 Å². The number of nitrogens with zero attached hydrogens (tertiary/aromatic N) is 4. The van der Waals surface area contributed by atoms with Gasteiger partial charge in [-0.15, -0.1) is 0 Å².